The molecular weight excluding hydrogens is 322 g/mol. The van der Waals surface area contributed by atoms with Crippen molar-refractivity contribution in [3.8, 4) is 11.5 Å². The zero-order valence-electron chi connectivity index (χ0n) is 16.5. The minimum Gasteiger partial charge on any atom is -0.494 e. The van der Waals surface area contributed by atoms with E-state index in [4.69, 9.17) is 9.47 Å². The fourth-order valence-electron chi connectivity index (χ4n) is 2.78. The van der Waals surface area contributed by atoms with Gasteiger partial charge in [-0.2, -0.15) is 0 Å². The SMILES string of the molecule is CCCCCCOc1cccc(NCC(CC)Oc2ccccc2C)c1. The Balaban J connectivity index is 1.81. The molecular formula is C23H33NO2. The highest BCUT2D eigenvalue weighted by Gasteiger charge is 2.09. The molecule has 0 spiro atoms. The highest BCUT2D eigenvalue weighted by molar-refractivity contribution is 5.48. The molecule has 142 valence electrons. The van der Waals surface area contributed by atoms with Gasteiger partial charge in [0.05, 0.1) is 13.2 Å². The van der Waals surface area contributed by atoms with E-state index in [-0.39, 0.29) is 6.10 Å². The Morgan fingerprint density at radius 2 is 1.81 bits per heavy atom. The number of anilines is 1. The van der Waals surface area contributed by atoms with E-state index in [0.29, 0.717) is 0 Å². The summed E-state index contributed by atoms with van der Waals surface area (Å²) in [6.45, 7) is 8.02. The maximum Gasteiger partial charge on any atom is 0.122 e. The van der Waals surface area contributed by atoms with Gasteiger partial charge in [0.25, 0.3) is 0 Å². The van der Waals surface area contributed by atoms with Crippen LogP contribution in [0.1, 0.15) is 51.5 Å². The third-order valence-corrected chi connectivity index (χ3v) is 4.48. The van der Waals surface area contributed by atoms with E-state index in [1.807, 2.05) is 30.3 Å². The molecule has 0 aliphatic heterocycles. The molecule has 0 aliphatic rings. The Kier molecular flexibility index (Phi) is 8.88. The Hall–Kier alpha value is -2.16. The minimum atomic E-state index is 0.134. The molecule has 2 aromatic rings. The maximum absolute atomic E-state index is 6.16. The molecule has 0 aromatic heterocycles. The van der Waals surface area contributed by atoms with Crippen molar-refractivity contribution in [2.75, 3.05) is 18.5 Å². The first-order chi connectivity index (χ1) is 12.7. The molecule has 2 rings (SSSR count). The predicted molar refractivity (Wildman–Crippen MR) is 110 cm³/mol. The van der Waals surface area contributed by atoms with Crippen molar-refractivity contribution in [2.45, 2.75) is 59.0 Å². The summed E-state index contributed by atoms with van der Waals surface area (Å²) in [5.74, 6) is 1.89. The number of ether oxygens (including phenoxy) is 2. The molecule has 0 radical (unpaired) electrons. The molecule has 1 N–H and O–H groups in total. The number of aryl methyl sites for hydroxylation is 1. The van der Waals surface area contributed by atoms with E-state index >= 15 is 0 Å². The van der Waals surface area contributed by atoms with E-state index in [1.54, 1.807) is 0 Å². The van der Waals surface area contributed by atoms with Crippen molar-refractivity contribution in [3.05, 3.63) is 54.1 Å². The number of nitrogens with one attached hydrogen (secondary N) is 1. The fourth-order valence-corrected chi connectivity index (χ4v) is 2.78. The molecule has 3 heteroatoms. The number of para-hydroxylation sites is 1. The standard InChI is InChI=1S/C23H33NO2/c1-4-6-7-10-16-25-22-14-11-13-20(17-22)24-18-21(5-2)26-23-15-9-8-12-19(23)3/h8-9,11-15,17,21,24H,4-7,10,16,18H2,1-3H3. The molecule has 1 unspecified atom stereocenters. The van der Waals surface area contributed by atoms with Crippen molar-refractivity contribution in [2.24, 2.45) is 0 Å². The van der Waals surface area contributed by atoms with Crippen LogP contribution in [-0.2, 0) is 0 Å². The number of rotatable bonds is 12. The third-order valence-electron chi connectivity index (χ3n) is 4.48. The van der Waals surface area contributed by atoms with Gasteiger partial charge in [-0.05, 0) is 43.5 Å². The number of hydrogen-bond acceptors (Lipinski definition) is 3. The van der Waals surface area contributed by atoms with Gasteiger partial charge in [-0.3, -0.25) is 0 Å². The smallest absolute Gasteiger partial charge is 0.122 e. The van der Waals surface area contributed by atoms with Gasteiger partial charge in [0, 0.05) is 11.8 Å². The molecule has 0 saturated carbocycles. The van der Waals surface area contributed by atoms with Crippen LogP contribution in [0.3, 0.4) is 0 Å². The van der Waals surface area contributed by atoms with E-state index in [0.717, 1.165) is 43.2 Å². The quantitative estimate of drug-likeness (QED) is 0.458. The van der Waals surface area contributed by atoms with Gasteiger partial charge in [-0.15, -0.1) is 0 Å². The second-order valence-electron chi connectivity index (χ2n) is 6.73. The van der Waals surface area contributed by atoms with E-state index < -0.39 is 0 Å². The zero-order chi connectivity index (χ0) is 18.6. The molecule has 3 nitrogen and oxygen atoms in total. The van der Waals surface area contributed by atoms with Crippen molar-refractivity contribution in [3.63, 3.8) is 0 Å². The van der Waals surface area contributed by atoms with Gasteiger partial charge in [-0.1, -0.05) is 57.4 Å². The Bertz CT molecular complexity index is 642. The van der Waals surface area contributed by atoms with Gasteiger partial charge in [0.2, 0.25) is 0 Å². The van der Waals surface area contributed by atoms with Crippen LogP contribution in [0.15, 0.2) is 48.5 Å². The van der Waals surface area contributed by atoms with Crippen molar-refractivity contribution >= 4 is 5.69 Å². The highest BCUT2D eigenvalue weighted by Crippen LogP contribution is 2.21. The molecule has 0 saturated heterocycles. The average Bonchev–Trinajstić information content (AvgIpc) is 2.67. The summed E-state index contributed by atoms with van der Waals surface area (Å²) in [6, 6.07) is 16.4. The van der Waals surface area contributed by atoms with E-state index in [9.17, 15) is 0 Å². The first-order valence-corrected chi connectivity index (χ1v) is 9.92. The van der Waals surface area contributed by atoms with Crippen LogP contribution in [0, 0.1) is 6.92 Å². The summed E-state index contributed by atoms with van der Waals surface area (Å²) in [4.78, 5) is 0. The lowest BCUT2D eigenvalue weighted by Gasteiger charge is -2.20. The lowest BCUT2D eigenvalue weighted by Crippen LogP contribution is -2.25. The van der Waals surface area contributed by atoms with Crippen molar-refractivity contribution in [1.82, 2.24) is 0 Å². The van der Waals surface area contributed by atoms with Crippen LogP contribution >= 0.6 is 0 Å². The molecule has 2 aromatic carbocycles. The van der Waals surface area contributed by atoms with Gasteiger partial charge < -0.3 is 14.8 Å². The Morgan fingerprint density at radius 3 is 2.58 bits per heavy atom. The van der Waals surface area contributed by atoms with Crippen LogP contribution in [-0.4, -0.2) is 19.3 Å². The number of benzene rings is 2. The summed E-state index contributed by atoms with van der Waals surface area (Å²) in [6.07, 6.45) is 5.98. The molecule has 1 atom stereocenters. The Morgan fingerprint density at radius 1 is 0.962 bits per heavy atom. The van der Waals surface area contributed by atoms with Crippen LogP contribution in [0.5, 0.6) is 11.5 Å². The maximum atomic E-state index is 6.16. The molecule has 0 fully saturated rings. The fraction of sp³-hybridized carbons (Fsp3) is 0.478. The van der Waals surface area contributed by atoms with Crippen LogP contribution in [0.4, 0.5) is 5.69 Å². The third kappa shape index (κ3) is 6.99. The molecule has 0 heterocycles. The Labute approximate surface area is 158 Å². The van der Waals surface area contributed by atoms with Crippen molar-refractivity contribution in [1.29, 1.82) is 0 Å². The van der Waals surface area contributed by atoms with Gasteiger partial charge >= 0.3 is 0 Å². The summed E-state index contributed by atoms with van der Waals surface area (Å²) in [5, 5.41) is 3.48. The molecule has 0 amide bonds. The topological polar surface area (TPSA) is 30.5 Å². The zero-order valence-corrected chi connectivity index (χ0v) is 16.5. The van der Waals surface area contributed by atoms with Gasteiger partial charge in [-0.25, -0.2) is 0 Å². The van der Waals surface area contributed by atoms with Crippen LogP contribution in [0.25, 0.3) is 0 Å². The lowest BCUT2D eigenvalue weighted by molar-refractivity contribution is 0.208. The highest BCUT2D eigenvalue weighted by atomic mass is 16.5. The van der Waals surface area contributed by atoms with Crippen molar-refractivity contribution < 1.29 is 9.47 Å². The summed E-state index contributed by atoms with van der Waals surface area (Å²) >= 11 is 0. The predicted octanol–water partition coefficient (Wildman–Crippen LogP) is 6.22. The second-order valence-corrected chi connectivity index (χ2v) is 6.73. The molecule has 26 heavy (non-hydrogen) atoms. The molecule has 0 bridgehead atoms. The lowest BCUT2D eigenvalue weighted by atomic mass is 10.2. The number of hydrogen-bond donors (Lipinski definition) is 1. The average molecular weight is 356 g/mol. The largest absolute Gasteiger partial charge is 0.494 e. The summed E-state index contributed by atoms with van der Waals surface area (Å²) < 4.78 is 12.0. The first kappa shape index (κ1) is 20.2. The van der Waals surface area contributed by atoms with Gasteiger partial charge in [0.1, 0.15) is 17.6 Å². The monoisotopic (exact) mass is 355 g/mol. The summed E-state index contributed by atoms with van der Waals surface area (Å²) in [5.41, 5.74) is 2.24. The minimum absolute atomic E-state index is 0.134. The number of unbranched alkanes of at least 4 members (excludes halogenated alkanes) is 3. The van der Waals surface area contributed by atoms with E-state index in [1.165, 1.54) is 24.8 Å². The van der Waals surface area contributed by atoms with Crippen LogP contribution < -0.4 is 14.8 Å². The first-order valence-electron chi connectivity index (χ1n) is 9.92. The van der Waals surface area contributed by atoms with Crippen LogP contribution in [0.2, 0.25) is 0 Å². The molecule has 0 aliphatic carbocycles. The van der Waals surface area contributed by atoms with Gasteiger partial charge in [0.15, 0.2) is 0 Å². The second kappa shape index (κ2) is 11.5. The van der Waals surface area contributed by atoms with E-state index in [2.05, 4.69) is 44.3 Å². The summed E-state index contributed by atoms with van der Waals surface area (Å²) in [7, 11) is 0. The normalized spacial score (nSPS) is 11.8.